The van der Waals surface area contributed by atoms with Crippen molar-refractivity contribution in [2.45, 2.75) is 19.5 Å². The second-order valence-corrected chi connectivity index (χ2v) is 5.05. The lowest BCUT2D eigenvalue weighted by Crippen LogP contribution is -2.18. The monoisotopic (exact) mass is 278 g/mol. The third-order valence-corrected chi connectivity index (χ3v) is 3.56. The molecule has 1 aromatic carbocycles. The Labute approximate surface area is 124 Å². The second-order valence-electron chi connectivity index (χ2n) is 5.05. The minimum absolute atomic E-state index is 0.288. The first-order valence-corrected chi connectivity index (χ1v) is 7.05. The first-order valence-electron chi connectivity index (χ1n) is 7.05. The molecular formula is C17H18N4. The molecule has 4 nitrogen and oxygen atoms in total. The Kier molecular flexibility index (Phi) is 4.07. The van der Waals surface area contributed by atoms with Crippen LogP contribution in [-0.4, -0.2) is 15.2 Å². The third-order valence-electron chi connectivity index (χ3n) is 3.56. The average molecular weight is 278 g/mol. The van der Waals surface area contributed by atoms with E-state index in [4.69, 9.17) is 0 Å². The van der Waals surface area contributed by atoms with Crippen LogP contribution in [0.1, 0.15) is 24.2 Å². The second kappa shape index (κ2) is 6.33. The van der Waals surface area contributed by atoms with Crippen LogP contribution in [0.25, 0.3) is 11.1 Å². The van der Waals surface area contributed by atoms with Gasteiger partial charge in [-0.05, 0) is 35.7 Å². The Morgan fingerprint density at radius 3 is 2.57 bits per heavy atom. The van der Waals surface area contributed by atoms with E-state index in [1.807, 2.05) is 18.3 Å². The molecule has 2 N–H and O–H groups in total. The standard InChI is InChI=1S/C17H18N4/c1-13(19-12-17-8-10-20-21-17)14-4-6-15(7-5-14)16-3-2-9-18-11-16/h2-11,13,19H,12H2,1H3,(H,20,21)/t13-/m0/s1. The van der Waals surface area contributed by atoms with Gasteiger partial charge in [-0.3, -0.25) is 10.1 Å². The van der Waals surface area contributed by atoms with Gasteiger partial charge in [-0.2, -0.15) is 5.10 Å². The van der Waals surface area contributed by atoms with Gasteiger partial charge in [0.15, 0.2) is 0 Å². The summed E-state index contributed by atoms with van der Waals surface area (Å²) in [5.74, 6) is 0. The number of hydrogen-bond acceptors (Lipinski definition) is 3. The Hall–Kier alpha value is -2.46. The maximum Gasteiger partial charge on any atom is 0.0490 e. The van der Waals surface area contributed by atoms with E-state index >= 15 is 0 Å². The highest BCUT2D eigenvalue weighted by atomic mass is 15.1. The summed E-state index contributed by atoms with van der Waals surface area (Å²) >= 11 is 0. The highest BCUT2D eigenvalue weighted by molar-refractivity contribution is 5.62. The molecular weight excluding hydrogens is 260 g/mol. The number of nitrogens with zero attached hydrogens (tertiary/aromatic N) is 2. The summed E-state index contributed by atoms with van der Waals surface area (Å²) in [5, 5.41) is 10.4. The maximum atomic E-state index is 4.15. The first-order chi connectivity index (χ1) is 10.3. The Morgan fingerprint density at radius 1 is 1.05 bits per heavy atom. The summed E-state index contributed by atoms with van der Waals surface area (Å²) in [5.41, 5.74) is 4.69. The van der Waals surface area contributed by atoms with Gasteiger partial charge in [-0.1, -0.05) is 30.3 Å². The number of aromatic nitrogens is 3. The lowest BCUT2D eigenvalue weighted by atomic mass is 10.0. The minimum atomic E-state index is 0.288. The van der Waals surface area contributed by atoms with Crippen molar-refractivity contribution in [2.75, 3.05) is 0 Å². The van der Waals surface area contributed by atoms with Gasteiger partial charge >= 0.3 is 0 Å². The molecule has 0 fully saturated rings. The average Bonchev–Trinajstić information content (AvgIpc) is 3.07. The molecule has 21 heavy (non-hydrogen) atoms. The lowest BCUT2D eigenvalue weighted by molar-refractivity contribution is 0.567. The van der Waals surface area contributed by atoms with E-state index < -0.39 is 0 Å². The van der Waals surface area contributed by atoms with Crippen LogP contribution in [0, 0.1) is 0 Å². The Morgan fingerprint density at radius 2 is 1.90 bits per heavy atom. The Balaban J connectivity index is 1.66. The van der Waals surface area contributed by atoms with Crippen molar-refractivity contribution in [1.82, 2.24) is 20.5 Å². The van der Waals surface area contributed by atoms with Gasteiger partial charge in [0.2, 0.25) is 0 Å². The van der Waals surface area contributed by atoms with Gasteiger partial charge in [-0.25, -0.2) is 0 Å². The van der Waals surface area contributed by atoms with E-state index in [9.17, 15) is 0 Å². The van der Waals surface area contributed by atoms with E-state index in [2.05, 4.69) is 57.8 Å². The first kappa shape index (κ1) is 13.5. The van der Waals surface area contributed by atoms with Crippen LogP contribution in [-0.2, 0) is 6.54 Å². The SMILES string of the molecule is C[C@H](NCc1ccn[nH]1)c1ccc(-c2cccnc2)cc1. The fourth-order valence-corrected chi connectivity index (χ4v) is 2.26. The predicted molar refractivity (Wildman–Crippen MR) is 83.5 cm³/mol. The minimum Gasteiger partial charge on any atom is -0.305 e. The smallest absolute Gasteiger partial charge is 0.0490 e. The molecule has 0 spiro atoms. The molecule has 1 atom stereocenters. The Bertz CT molecular complexity index is 660. The van der Waals surface area contributed by atoms with E-state index in [0.29, 0.717) is 0 Å². The quantitative estimate of drug-likeness (QED) is 0.752. The summed E-state index contributed by atoms with van der Waals surface area (Å²) in [6.45, 7) is 2.95. The number of aromatic amines is 1. The fourth-order valence-electron chi connectivity index (χ4n) is 2.26. The molecule has 0 aliphatic carbocycles. The highest BCUT2D eigenvalue weighted by Gasteiger charge is 2.06. The van der Waals surface area contributed by atoms with Crippen molar-refractivity contribution in [3.05, 3.63) is 72.3 Å². The van der Waals surface area contributed by atoms with Gasteiger partial charge in [0, 0.05) is 36.9 Å². The molecule has 0 amide bonds. The molecule has 2 aromatic heterocycles. The molecule has 3 rings (SSSR count). The fraction of sp³-hybridized carbons (Fsp3) is 0.176. The van der Waals surface area contributed by atoms with Crippen molar-refractivity contribution >= 4 is 0 Å². The van der Waals surface area contributed by atoms with Crippen molar-refractivity contribution in [3.63, 3.8) is 0 Å². The van der Waals surface area contributed by atoms with Crippen LogP contribution < -0.4 is 5.32 Å². The topological polar surface area (TPSA) is 53.6 Å². The van der Waals surface area contributed by atoms with Crippen molar-refractivity contribution < 1.29 is 0 Å². The molecule has 0 radical (unpaired) electrons. The van der Waals surface area contributed by atoms with E-state index in [1.165, 1.54) is 11.1 Å². The maximum absolute atomic E-state index is 4.15. The normalized spacial score (nSPS) is 12.2. The molecule has 0 aliphatic rings. The number of rotatable bonds is 5. The van der Waals surface area contributed by atoms with Crippen molar-refractivity contribution in [1.29, 1.82) is 0 Å². The largest absolute Gasteiger partial charge is 0.305 e. The van der Waals surface area contributed by atoms with E-state index in [0.717, 1.165) is 17.8 Å². The molecule has 0 saturated carbocycles. The van der Waals surface area contributed by atoms with Gasteiger partial charge in [0.05, 0.1) is 0 Å². The summed E-state index contributed by atoms with van der Waals surface area (Å²) in [6.07, 6.45) is 5.44. The van der Waals surface area contributed by atoms with Gasteiger partial charge in [0.25, 0.3) is 0 Å². The van der Waals surface area contributed by atoms with Crippen LogP contribution in [0.15, 0.2) is 61.1 Å². The number of H-pyrrole nitrogens is 1. The summed E-state index contributed by atoms with van der Waals surface area (Å²) in [6, 6.07) is 14.9. The molecule has 0 aliphatic heterocycles. The highest BCUT2D eigenvalue weighted by Crippen LogP contribution is 2.21. The zero-order valence-electron chi connectivity index (χ0n) is 12.0. The molecule has 2 heterocycles. The summed E-state index contributed by atoms with van der Waals surface area (Å²) in [7, 11) is 0. The summed E-state index contributed by atoms with van der Waals surface area (Å²) in [4.78, 5) is 4.15. The number of hydrogen-bond donors (Lipinski definition) is 2. The van der Waals surface area contributed by atoms with E-state index in [-0.39, 0.29) is 6.04 Å². The van der Waals surface area contributed by atoms with Crippen LogP contribution in [0.4, 0.5) is 0 Å². The predicted octanol–water partition coefficient (Wildman–Crippen LogP) is 3.32. The van der Waals surface area contributed by atoms with Crippen LogP contribution >= 0.6 is 0 Å². The lowest BCUT2D eigenvalue weighted by Gasteiger charge is -2.14. The molecule has 4 heteroatoms. The van der Waals surface area contributed by atoms with Crippen molar-refractivity contribution in [2.24, 2.45) is 0 Å². The zero-order valence-corrected chi connectivity index (χ0v) is 12.0. The molecule has 106 valence electrons. The van der Waals surface area contributed by atoms with Crippen LogP contribution in [0.2, 0.25) is 0 Å². The zero-order chi connectivity index (χ0) is 14.5. The van der Waals surface area contributed by atoms with Gasteiger partial charge in [-0.15, -0.1) is 0 Å². The molecule has 0 unspecified atom stereocenters. The molecule has 0 bridgehead atoms. The van der Waals surface area contributed by atoms with Gasteiger partial charge in [0.1, 0.15) is 0 Å². The van der Waals surface area contributed by atoms with E-state index in [1.54, 1.807) is 12.4 Å². The molecule has 3 aromatic rings. The van der Waals surface area contributed by atoms with Crippen molar-refractivity contribution in [3.8, 4) is 11.1 Å². The number of nitrogens with one attached hydrogen (secondary N) is 2. The van der Waals surface area contributed by atoms with Crippen LogP contribution in [0.5, 0.6) is 0 Å². The van der Waals surface area contributed by atoms with Crippen LogP contribution in [0.3, 0.4) is 0 Å². The van der Waals surface area contributed by atoms with Gasteiger partial charge < -0.3 is 5.32 Å². The molecule has 0 saturated heterocycles. The summed E-state index contributed by atoms with van der Waals surface area (Å²) < 4.78 is 0. The number of benzene rings is 1. The number of pyridine rings is 1. The third kappa shape index (κ3) is 3.35.